The normalized spacial score (nSPS) is 13.5. The molecule has 1 aliphatic carbocycles. The van der Waals surface area contributed by atoms with Crippen LogP contribution in [-0.2, 0) is 19.2 Å². The first-order chi connectivity index (χ1) is 12.6. The Kier molecular flexibility index (Phi) is 4.85. The zero-order valence-corrected chi connectivity index (χ0v) is 13.6. The molecule has 2 amide bonds. The number of anilines is 2. The third-order valence-electron chi connectivity index (χ3n) is 3.65. The van der Waals surface area contributed by atoms with E-state index in [1.165, 1.54) is 0 Å². The maximum Gasteiger partial charge on any atom is 0.260 e. The molecule has 0 spiro atoms. The van der Waals surface area contributed by atoms with Crippen LogP contribution in [0.15, 0.2) is 84.0 Å². The molecule has 0 bridgehead atoms. The van der Waals surface area contributed by atoms with Crippen molar-refractivity contribution >= 4 is 34.8 Å². The largest absolute Gasteiger partial charge is 0.322 e. The van der Waals surface area contributed by atoms with Gasteiger partial charge in [-0.3, -0.25) is 19.2 Å². The molecule has 2 aromatic carbocycles. The van der Waals surface area contributed by atoms with E-state index in [1.54, 1.807) is 60.7 Å². The monoisotopic (exact) mass is 346 g/mol. The van der Waals surface area contributed by atoms with E-state index in [-0.39, 0.29) is 0 Å². The van der Waals surface area contributed by atoms with Crippen LogP contribution < -0.4 is 10.6 Å². The highest BCUT2D eigenvalue weighted by Crippen LogP contribution is 2.19. The van der Waals surface area contributed by atoms with Gasteiger partial charge >= 0.3 is 0 Å². The zero-order valence-electron chi connectivity index (χ0n) is 13.6. The van der Waals surface area contributed by atoms with Crippen LogP contribution in [0, 0.1) is 0 Å². The Morgan fingerprint density at radius 1 is 0.577 bits per heavy atom. The second-order valence-electron chi connectivity index (χ2n) is 5.45. The highest BCUT2D eigenvalue weighted by molar-refractivity contribution is 6.41. The smallest absolute Gasteiger partial charge is 0.260 e. The molecular formula is C20H14N2O4. The summed E-state index contributed by atoms with van der Waals surface area (Å²) in [6, 6.07) is 16.9. The fourth-order valence-corrected chi connectivity index (χ4v) is 2.45. The molecule has 2 N–H and O–H groups in total. The van der Waals surface area contributed by atoms with Crippen molar-refractivity contribution in [1.82, 2.24) is 0 Å². The number of rotatable bonds is 4. The summed E-state index contributed by atoms with van der Waals surface area (Å²) in [4.78, 5) is 49.5. The summed E-state index contributed by atoms with van der Waals surface area (Å²) in [5, 5.41) is 5.06. The lowest BCUT2D eigenvalue weighted by Crippen LogP contribution is -2.31. The first-order valence-electron chi connectivity index (χ1n) is 7.80. The molecule has 0 fully saturated rings. The van der Waals surface area contributed by atoms with Crippen LogP contribution >= 0.6 is 0 Å². The van der Waals surface area contributed by atoms with Crippen molar-refractivity contribution in [3.8, 4) is 0 Å². The van der Waals surface area contributed by atoms with Gasteiger partial charge in [0.25, 0.3) is 11.8 Å². The molecule has 128 valence electrons. The predicted molar refractivity (Wildman–Crippen MR) is 96.3 cm³/mol. The number of nitrogens with one attached hydrogen (secondary N) is 2. The Bertz CT molecular complexity index is 867. The standard InChI is InChI=1S/C20H14N2O4/c23-15-11-12-16(24)18(20(26)22-14-9-5-2-6-10-14)17(15)19(25)21-13-7-3-1-4-8-13/h1-12H,(H,21,25)(H,22,26). The molecule has 0 radical (unpaired) electrons. The molecule has 6 heteroatoms. The second kappa shape index (κ2) is 7.40. The summed E-state index contributed by atoms with van der Waals surface area (Å²) in [7, 11) is 0. The van der Waals surface area contributed by atoms with Gasteiger partial charge in [-0.25, -0.2) is 0 Å². The molecule has 2 aromatic rings. The average molecular weight is 346 g/mol. The minimum absolute atomic E-state index is 0.447. The predicted octanol–water partition coefficient (Wildman–Crippen LogP) is 2.27. The lowest BCUT2D eigenvalue weighted by Gasteiger charge is -2.15. The van der Waals surface area contributed by atoms with Crippen molar-refractivity contribution in [2.24, 2.45) is 0 Å². The van der Waals surface area contributed by atoms with Gasteiger partial charge in [-0.2, -0.15) is 0 Å². The van der Waals surface area contributed by atoms with Gasteiger partial charge in [0, 0.05) is 11.4 Å². The van der Waals surface area contributed by atoms with Gasteiger partial charge in [-0.05, 0) is 36.4 Å². The van der Waals surface area contributed by atoms with E-state index in [9.17, 15) is 19.2 Å². The Balaban J connectivity index is 1.94. The van der Waals surface area contributed by atoms with Gasteiger partial charge in [0.2, 0.25) is 0 Å². The minimum atomic E-state index is -0.808. The molecule has 3 rings (SSSR count). The van der Waals surface area contributed by atoms with E-state index in [4.69, 9.17) is 0 Å². The van der Waals surface area contributed by atoms with Crippen molar-refractivity contribution < 1.29 is 19.2 Å². The number of carbonyl (C=O) groups is 4. The van der Waals surface area contributed by atoms with Crippen LogP contribution in [0.5, 0.6) is 0 Å². The van der Waals surface area contributed by atoms with Crippen molar-refractivity contribution in [1.29, 1.82) is 0 Å². The number of hydrogen-bond acceptors (Lipinski definition) is 4. The average Bonchev–Trinajstić information content (AvgIpc) is 2.64. The Hall–Kier alpha value is -3.80. The second-order valence-corrected chi connectivity index (χ2v) is 5.45. The first kappa shape index (κ1) is 17.0. The van der Waals surface area contributed by atoms with Crippen LogP contribution in [-0.4, -0.2) is 23.4 Å². The fraction of sp³-hybridized carbons (Fsp3) is 0. The number of benzene rings is 2. The number of ketones is 2. The highest BCUT2D eigenvalue weighted by Gasteiger charge is 2.32. The van der Waals surface area contributed by atoms with Crippen LogP contribution in [0.2, 0.25) is 0 Å². The summed E-state index contributed by atoms with van der Waals surface area (Å²) >= 11 is 0. The molecule has 6 nitrogen and oxygen atoms in total. The Morgan fingerprint density at radius 3 is 1.27 bits per heavy atom. The van der Waals surface area contributed by atoms with Crippen molar-refractivity contribution in [2.45, 2.75) is 0 Å². The SMILES string of the molecule is O=C1C=CC(=O)C(C(=O)Nc2ccccc2)=C1C(=O)Nc1ccccc1. The Morgan fingerprint density at radius 2 is 0.923 bits per heavy atom. The van der Waals surface area contributed by atoms with Crippen LogP contribution in [0.25, 0.3) is 0 Å². The lowest BCUT2D eigenvalue weighted by molar-refractivity contribution is -0.123. The maximum absolute atomic E-state index is 12.5. The molecule has 0 saturated carbocycles. The summed E-state index contributed by atoms with van der Waals surface area (Å²) in [5.74, 6) is -3.01. The molecule has 0 unspecified atom stereocenters. The summed E-state index contributed by atoms with van der Waals surface area (Å²) < 4.78 is 0. The van der Waals surface area contributed by atoms with Crippen LogP contribution in [0.3, 0.4) is 0 Å². The van der Waals surface area contributed by atoms with E-state index in [1.807, 2.05) is 0 Å². The van der Waals surface area contributed by atoms with Gasteiger partial charge in [0.1, 0.15) is 11.1 Å². The molecule has 0 heterocycles. The summed E-state index contributed by atoms with van der Waals surface area (Å²) in [6.45, 7) is 0. The van der Waals surface area contributed by atoms with Gasteiger partial charge in [-0.1, -0.05) is 36.4 Å². The minimum Gasteiger partial charge on any atom is -0.322 e. The van der Waals surface area contributed by atoms with Crippen molar-refractivity contribution in [3.05, 3.63) is 84.0 Å². The zero-order chi connectivity index (χ0) is 18.5. The molecule has 1 aliphatic rings. The molecule has 26 heavy (non-hydrogen) atoms. The van der Waals surface area contributed by atoms with Gasteiger partial charge in [0.15, 0.2) is 11.6 Å². The molecule has 0 atom stereocenters. The van der Waals surface area contributed by atoms with E-state index in [0.717, 1.165) is 12.2 Å². The quantitative estimate of drug-likeness (QED) is 0.656. The number of amides is 2. The van der Waals surface area contributed by atoms with E-state index in [0.29, 0.717) is 11.4 Å². The summed E-state index contributed by atoms with van der Waals surface area (Å²) in [5.41, 5.74) is -0.0604. The molecule has 0 aromatic heterocycles. The van der Waals surface area contributed by atoms with Gasteiger partial charge < -0.3 is 10.6 Å². The fourth-order valence-electron chi connectivity index (χ4n) is 2.45. The molecule has 0 aliphatic heterocycles. The highest BCUT2D eigenvalue weighted by atomic mass is 16.2. The number of hydrogen-bond donors (Lipinski definition) is 2. The Labute approximate surface area is 149 Å². The van der Waals surface area contributed by atoms with Crippen LogP contribution in [0.4, 0.5) is 11.4 Å². The number of carbonyl (C=O) groups excluding carboxylic acids is 4. The molecular weight excluding hydrogens is 332 g/mol. The maximum atomic E-state index is 12.5. The van der Waals surface area contributed by atoms with Gasteiger partial charge in [0.05, 0.1) is 0 Å². The van der Waals surface area contributed by atoms with Crippen molar-refractivity contribution in [2.75, 3.05) is 10.6 Å². The lowest BCUT2D eigenvalue weighted by atomic mass is 9.93. The first-order valence-corrected chi connectivity index (χ1v) is 7.80. The summed E-state index contributed by atoms with van der Waals surface area (Å²) in [6.07, 6.45) is 1.98. The molecule has 0 saturated heterocycles. The van der Waals surface area contributed by atoms with Crippen LogP contribution in [0.1, 0.15) is 0 Å². The van der Waals surface area contributed by atoms with E-state index in [2.05, 4.69) is 10.6 Å². The van der Waals surface area contributed by atoms with E-state index < -0.39 is 34.5 Å². The third-order valence-corrected chi connectivity index (χ3v) is 3.65. The third kappa shape index (κ3) is 3.64. The van der Waals surface area contributed by atoms with Crippen molar-refractivity contribution in [3.63, 3.8) is 0 Å². The topological polar surface area (TPSA) is 92.3 Å². The number of para-hydroxylation sites is 2. The van der Waals surface area contributed by atoms with E-state index >= 15 is 0 Å². The number of allylic oxidation sites excluding steroid dienone is 2. The van der Waals surface area contributed by atoms with Gasteiger partial charge in [-0.15, -0.1) is 0 Å².